The lowest BCUT2D eigenvalue weighted by atomic mass is 9.96. The Bertz CT molecular complexity index is 597. The van der Waals surface area contributed by atoms with E-state index in [0.717, 1.165) is 5.56 Å². The third-order valence-electron chi connectivity index (χ3n) is 4.32. The normalized spacial score (nSPS) is 15.9. The summed E-state index contributed by atoms with van der Waals surface area (Å²) in [5.74, 6) is -1.91. The van der Waals surface area contributed by atoms with Gasteiger partial charge < -0.3 is 10.2 Å². The second-order valence-corrected chi connectivity index (χ2v) is 6.59. The highest BCUT2D eigenvalue weighted by Gasteiger charge is 2.38. The van der Waals surface area contributed by atoms with Gasteiger partial charge in [0.2, 0.25) is 5.91 Å². The zero-order valence-corrected chi connectivity index (χ0v) is 14.4. The van der Waals surface area contributed by atoms with Gasteiger partial charge in [-0.3, -0.25) is 9.59 Å². The van der Waals surface area contributed by atoms with E-state index in [9.17, 15) is 22.8 Å². The summed E-state index contributed by atoms with van der Waals surface area (Å²) in [5, 5.41) is 2.56. The maximum absolute atomic E-state index is 12.2. The minimum atomic E-state index is -4.85. The van der Waals surface area contributed by atoms with Crippen LogP contribution in [0, 0.1) is 5.92 Å². The molecule has 1 aromatic carbocycles. The number of likely N-dealkylation sites (tertiary alicyclic amines) is 1. The molecular formula is C17H20ClF3N2O2. The number of nitrogens with zero attached hydrogens (tertiary/aromatic N) is 1. The number of nitrogens with one attached hydrogen (secondary N) is 1. The molecule has 2 rings (SSSR count). The van der Waals surface area contributed by atoms with Gasteiger partial charge in [-0.05, 0) is 42.9 Å². The minimum absolute atomic E-state index is 0.00878. The van der Waals surface area contributed by atoms with Crippen molar-refractivity contribution >= 4 is 23.4 Å². The molecule has 138 valence electrons. The van der Waals surface area contributed by atoms with Gasteiger partial charge in [0, 0.05) is 31.1 Å². The second kappa shape index (κ2) is 8.56. The van der Waals surface area contributed by atoms with Crippen molar-refractivity contribution in [1.29, 1.82) is 0 Å². The topological polar surface area (TPSA) is 49.4 Å². The fraction of sp³-hybridized carbons (Fsp3) is 0.529. The highest BCUT2D eigenvalue weighted by Crippen LogP contribution is 2.19. The zero-order valence-electron chi connectivity index (χ0n) is 13.6. The van der Waals surface area contributed by atoms with E-state index < -0.39 is 12.1 Å². The smallest absolute Gasteiger partial charge is 0.348 e. The molecule has 0 saturated carbocycles. The number of hydrogen-bond acceptors (Lipinski definition) is 2. The van der Waals surface area contributed by atoms with E-state index in [1.54, 1.807) is 17.0 Å². The third-order valence-corrected chi connectivity index (χ3v) is 4.57. The number of piperidine rings is 1. The number of carbonyl (C=O) groups is 2. The van der Waals surface area contributed by atoms with Crippen molar-refractivity contribution in [2.45, 2.75) is 31.9 Å². The van der Waals surface area contributed by atoms with E-state index in [1.165, 1.54) is 0 Å². The Balaban J connectivity index is 1.69. The van der Waals surface area contributed by atoms with Crippen LogP contribution in [-0.4, -0.2) is 42.5 Å². The SMILES string of the molecule is O=C(CCc1ccc(Cl)cc1)N1CCC(CNC(=O)C(F)(F)F)CC1. The van der Waals surface area contributed by atoms with E-state index in [-0.39, 0.29) is 18.4 Å². The van der Waals surface area contributed by atoms with Crippen molar-refractivity contribution in [2.24, 2.45) is 5.92 Å². The quantitative estimate of drug-likeness (QED) is 0.858. The Morgan fingerprint density at radius 3 is 2.32 bits per heavy atom. The maximum atomic E-state index is 12.2. The second-order valence-electron chi connectivity index (χ2n) is 6.16. The predicted octanol–water partition coefficient (Wildman–Crippen LogP) is 3.19. The Morgan fingerprint density at radius 1 is 1.16 bits per heavy atom. The molecule has 0 atom stereocenters. The molecule has 25 heavy (non-hydrogen) atoms. The molecule has 4 nitrogen and oxygen atoms in total. The van der Waals surface area contributed by atoms with E-state index in [2.05, 4.69) is 0 Å². The van der Waals surface area contributed by atoms with Crippen molar-refractivity contribution in [3.8, 4) is 0 Å². The number of alkyl halides is 3. The first kappa shape index (κ1) is 19.6. The van der Waals surface area contributed by atoms with Crippen LogP contribution in [-0.2, 0) is 16.0 Å². The van der Waals surface area contributed by atoms with Crippen LogP contribution in [0.5, 0.6) is 0 Å². The molecule has 1 aliphatic heterocycles. The molecule has 1 N–H and O–H groups in total. The van der Waals surface area contributed by atoms with Gasteiger partial charge in [-0.1, -0.05) is 23.7 Å². The molecule has 0 unspecified atom stereocenters. The summed E-state index contributed by atoms with van der Waals surface area (Å²) >= 11 is 5.82. The lowest BCUT2D eigenvalue weighted by molar-refractivity contribution is -0.173. The molecule has 1 fully saturated rings. The van der Waals surface area contributed by atoms with Crippen LogP contribution < -0.4 is 5.32 Å². The molecular weight excluding hydrogens is 357 g/mol. The monoisotopic (exact) mass is 376 g/mol. The van der Waals surface area contributed by atoms with Gasteiger partial charge in [-0.2, -0.15) is 13.2 Å². The summed E-state index contributed by atoms with van der Waals surface area (Å²) in [6.07, 6.45) is -2.66. The first-order valence-electron chi connectivity index (χ1n) is 8.13. The van der Waals surface area contributed by atoms with Crippen molar-refractivity contribution in [3.63, 3.8) is 0 Å². The van der Waals surface area contributed by atoms with E-state index in [1.807, 2.05) is 17.4 Å². The highest BCUT2D eigenvalue weighted by atomic mass is 35.5. The lowest BCUT2D eigenvalue weighted by Gasteiger charge is -2.32. The van der Waals surface area contributed by atoms with E-state index in [4.69, 9.17) is 11.6 Å². The first-order chi connectivity index (χ1) is 11.8. The van der Waals surface area contributed by atoms with Crippen molar-refractivity contribution < 1.29 is 22.8 Å². The summed E-state index contributed by atoms with van der Waals surface area (Å²) < 4.78 is 36.4. The van der Waals surface area contributed by atoms with Crippen LogP contribution in [0.4, 0.5) is 13.2 Å². The number of amides is 2. The van der Waals surface area contributed by atoms with Gasteiger partial charge in [0.25, 0.3) is 0 Å². The van der Waals surface area contributed by atoms with Crippen LogP contribution in [0.1, 0.15) is 24.8 Å². The molecule has 0 aliphatic carbocycles. The number of aryl methyl sites for hydroxylation is 1. The molecule has 8 heteroatoms. The third kappa shape index (κ3) is 6.23. The van der Waals surface area contributed by atoms with Gasteiger partial charge in [-0.25, -0.2) is 0 Å². The van der Waals surface area contributed by atoms with Crippen LogP contribution >= 0.6 is 11.6 Å². The molecule has 1 saturated heterocycles. The fourth-order valence-electron chi connectivity index (χ4n) is 2.78. The zero-order chi connectivity index (χ0) is 18.4. The van der Waals surface area contributed by atoms with Gasteiger partial charge in [-0.15, -0.1) is 0 Å². The summed E-state index contributed by atoms with van der Waals surface area (Å²) in [6.45, 7) is 1.00. The Morgan fingerprint density at radius 2 is 1.76 bits per heavy atom. The average molecular weight is 377 g/mol. The Kier molecular flexibility index (Phi) is 6.70. The molecule has 1 heterocycles. The number of rotatable bonds is 5. The number of hydrogen-bond donors (Lipinski definition) is 1. The largest absolute Gasteiger partial charge is 0.471 e. The molecule has 0 spiro atoms. The predicted molar refractivity (Wildman–Crippen MR) is 88.1 cm³/mol. The van der Waals surface area contributed by atoms with Gasteiger partial charge in [0.05, 0.1) is 0 Å². The first-order valence-corrected chi connectivity index (χ1v) is 8.50. The number of halogens is 4. The summed E-state index contributed by atoms with van der Waals surface area (Å²) in [6, 6.07) is 7.32. The molecule has 1 aromatic rings. The van der Waals surface area contributed by atoms with Gasteiger partial charge in [0.1, 0.15) is 0 Å². The summed E-state index contributed by atoms with van der Waals surface area (Å²) in [5.41, 5.74) is 1.03. The number of benzene rings is 1. The minimum Gasteiger partial charge on any atom is -0.348 e. The van der Waals surface area contributed by atoms with Crippen molar-refractivity contribution in [1.82, 2.24) is 10.2 Å². The van der Waals surface area contributed by atoms with Crippen molar-refractivity contribution in [3.05, 3.63) is 34.9 Å². The van der Waals surface area contributed by atoms with Crippen LogP contribution in [0.3, 0.4) is 0 Å². The Labute approximate surface area is 149 Å². The fourth-order valence-corrected chi connectivity index (χ4v) is 2.91. The molecule has 0 radical (unpaired) electrons. The molecule has 2 amide bonds. The summed E-state index contributed by atoms with van der Waals surface area (Å²) in [7, 11) is 0. The standard InChI is InChI=1S/C17H20ClF3N2O2/c18-14-4-1-12(2-5-14)3-6-15(24)23-9-7-13(8-10-23)11-22-16(25)17(19,20)21/h1-2,4-5,13H,3,6-11H2,(H,22,25). The number of carbonyl (C=O) groups excluding carboxylic acids is 2. The van der Waals surface area contributed by atoms with E-state index >= 15 is 0 Å². The molecule has 0 aromatic heterocycles. The van der Waals surface area contributed by atoms with Crippen LogP contribution in [0.15, 0.2) is 24.3 Å². The average Bonchev–Trinajstić information content (AvgIpc) is 2.58. The van der Waals surface area contributed by atoms with Gasteiger partial charge >= 0.3 is 12.1 Å². The Hall–Kier alpha value is -1.76. The summed E-state index contributed by atoms with van der Waals surface area (Å²) in [4.78, 5) is 24.8. The molecule has 1 aliphatic rings. The lowest BCUT2D eigenvalue weighted by Crippen LogP contribution is -2.44. The van der Waals surface area contributed by atoms with Gasteiger partial charge in [0.15, 0.2) is 0 Å². The van der Waals surface area contributed by atoms with Crippen molar-refractivity contribution in [2.75, 3.05) is 19.6 Å². The van der Waals surface area contributed by atoms with Crippen LogP contribution in [0.25, 0.3) is 0 Å². The maximum Gasteiger partial charge on any atom is 0.471 e. The molecule has 0 bridgehead atoms. The van der Waals surface area contributed by atoms with E-state index in [0.29, 0.717) is 43.8 Å². The highest BCUT2D eigenvalue weighted by molar-refractivity contribution is 6.30. The van der Waals surface area contributed by atoms with Crippen LogP contribution in [0.2, 0.25) is 5.02 Å².